The van der Waals surface area contributed by atoms with Crippen molar-refractivity contribution in [3.63, 3.8) is 0 Å². The highest BCUT2D eigenvalue weighted by Crippen LogP contribution is 2.25. The van der Waals surface area contributed by atoms with Crippen LogP contribution in [0.1, 0.15) is 32.3 Å². The van der Waals surface area contributed by atoms with Crippen LogP contribution in [-0.4, -0.2) is 55.2 Å². The Morgan fingerprint density at radius 3 is 2.38 bits per heavy atom. The maximum absolute atomic E-state index is 5.50. The minimum Gasteiger partial charge on any atom is -0.381 e. The lowest BCUT2D eigenvalue weighted by Crippen LogP contribution is -2.50. The van der Waals surface area contributed by atoms with Crippen LogP contribution in [0.15, 0.2) is 30.3 Å². The largest absolute Gasteiger partial charge is 0.381 e. The van der Waals surface area contributed by atoms with Gasteiger partial charge >= 0.3 is 0 Å². The van der Waals surface area contributed by atoms with Crippen LogP contribution >= 0.6 is 0 Å². The third-order valence-corrected chi connectivity index (χ3v) is 4.94. The Kier molecular flexibility index (Phi) is 6.22. The van der Waals surface area contributed by atoms with Crippen LogP contribution in [0.4, 0.5) is 0 Å². The van der Waals surface area contributed by atoms with Crippen LogP contribution in [0.3, 0.4) is 0 Å². The van der Waals surface area contributed by atoms with E-state index in [9.17, 15) is 0 Å². The van der Waals surface area contributed by atoms with Gasteiger partial charge in [0, 0.05) is 38.4 Å². The van der Waals surface area contributed by atoms with E-state index in [1.54, 1.807) is 0 Å². The number of hydrogen-bond acceptors (Lipinski definition) is 3. The molecule has 0 amide bonds. The van der Waals surface area contributed by atoms with E-state index in [1.807, 2.05) is 0 Å². The number of ether oxygens (including phenoxy) is 1. The summed E-state index contributed by atoms with van der Waals surface area (Å²) >= 11 is 0. The molecular formula is C18H30N2O. The average molecular weight is 290 g/mol. The molecule has 2 rings (SSSR count). The van der Waals surface area contributed by atoms with E-state index >= 15 is 0 Å². The second-order valence-electron chi connectivity index (χ2n) is 6.39. The maximum Gasteiger partial charge on any atom is 0.0483 e. The molecule has 118 valence electrons. The van der Waals surface area contributed by atoms with Gasteiger partial charge in [0.1, 0.15) is 0 Å². The SMILES string of the molecule is CCN(CCN(C)C1(C)CCOCC1)Cc1ccccc1. The summed E-state index contributed by atoms with van der Waals surface area (Å²) in [6, 6.07) is 10.8. The number of rotatable bonds is 7. The summed E-state index contributed by atoms with van der Waals surface area (Å²) in [7, 11) is 2.27. The van der Waals surface area contributed by atoms with Gasteiger partial charge in [-0.1, -0.05) is 37.3 Å². The van der Waals surface area contributed by atoms with Gasteiger partial charge in [0.25, 0.3) is 0 Å². The standard InChI is InChI=1S/C18H30N2O/c1-4-20(16-17-8-6-5-7-9-17)13-12-19(3)18(2)10-14-21-15-11-18/h5-9H,4,10-16H2,1-3H3. The van der Waals surface area contributed by atoms with E-state index in [-0.39, 0.29) is 0 Å². The van der Waals surface area contributed by atoms with Crippen LogP contribution in [0.5, 0.6) is 0 Å². The lowest BCUT2D eigenvalue weighted by atomic mass is 9.91. The highest BCUT2D eigenvalue weighted by molar-refractivity contribution is 5.14. The molecular weight excluding hydrogens is 260 g/mol. The Morgan fingerprint density at radius 1 is 1.10 bits per heavy atom. The molecule has 1 fully saturated rings. The first-order valence-electron chi connectivity index (χ1n) is 8.19. The molecule has 1 aromatic carbocycles. The van der Waals surface area contributed by atoms with Crippen molar-refractivity contribution in [2.45, 2.75) is 38.8 Å². The Hall–Kier alpha value is -0.900. The Balaban J connectivity index is 1.82. The van der Waals surface area contributed by atoms with Crippen molar-refractivity contribution >= 4 is 0 Å². The zero-order valence-corrected chi connectivity index (χ0v) is 13.8. The summed E-state index contributed by atoms with van der Waals surface area (Å²) in [5.74, 6) is 0. The zero-order chi connectivity index (χ0) is 15.1. The Labute approximate surface area is 129 Å². The van der Waals surface area contributed by atoms with Crippen molar-refractivity contribution in [2.24, 2.45) is 0 Å². The van der Waals surface area contributed by atoms with Crippen LogP contribution in [-0.2, 0) is 11.3 Å². The van der Waals surface area contributed by atoms with Gasteiger partial charge in [-0.2, -0.15) is 0 Å². The quantitative estimate of drug-likeness (QED) is 0.768. The van der Waals surface area contributed by atoms with E-state index in [4.69, 9.17) is 4.74 Å². The average Bonchev–Trinajstić information content (AvgIpc) is 2.52. The van der Waals surface area contributed by atoms with Crippen molar-refractivity contribution in [1.82, 2.24) is 9.80 Å². The third-order valence-electron chi connectivity index (χ3n) is 4.94. The number of benzene rings is 1. The van der Waals surface area contributed by atoms with E-state index in [2.05, 4.69) is 61.0 Å². The molecule has 0 unspecified atom stereocenters. The first-order chi connectivity index (χ1) is 10.1. The summed E-state index contributed by atoms with van der Waals surface area (Å²) in [4.78, 5) is 5.05. The fourth-order valence-electron chi connectivity index (χ4n) is 2.94. The summed E-state index contributed by atoms with van der Waals surface area (Å²) in [5.41, 5.74) is 1.71. The smallest absolute Gasteiger partial charge is 0.0483 e. The monoisotopic (exact) mass is 290 g/mol. The van der Waals surface area contributed by atoms with Gasteiger partial charge in [-0.05, 0) is 38.9 Å². The van der Waals surface area contributed by atoms with Crippen LogP contribution < -0.4 is 0 Å². The first kappa shape index (κ1) is 16.5. The summed E-state index contributed by atoms with van der Waals surface area (Å²) < 4.78 is 5.50. The summed E-state index contributed by atoms with van der Waals surface area (Å²) in [6.07, 6.45) is 2.29. The highest BCUT2D eigenvalue weighted by atomic mass is 16.5. The van der Waals surface area contributed by atoms with E-state index < -0.39 is 0 Å². The molecule has 1 aliphatic rings. The molecule has 0 aromatic heterocycles. The van der Waals surface area contributed by atoms with Crippen LogP contribution in [0.25, 0.3) is 0 Å². The molecule has 1 aliphatic heterocycles. The summed E-state index contributed by atoms with van der Waals surface area (Å²) in [6.45, 7) is 10.8. The van der Waals surface area contributed by atoms with Crippen LogP contribution in [0.2, 0.25) is 0 Å². The number of likely N-dealkylation sites (N-methyl/N-ethyl adjacent to an activating group) is 2. The predicted molar refractivity (Wildman–Crippen MR) is 88.5 cm³/mol. The molecule has 3 heteroatoms. The van der Waals surface area contributed by atoms with Gasteiger partial charge in [-0.25, -0.2) is 0 Å². The van der Waals surface area contributed by atoms with Gasteiger partial charge in [0.05, 0.1) is 0 Å². The number of hydrogen-bond donors (Lipinski definition) is 0. The van der Waals surface area contributed by atoms with Crippen molar-refractivity contribution in [3.8, 4) is 0 Å². The normalized spacial score (nSPS) is 18.3. The van der Waals surface area contributed by atoms with E-state index in [0.29, 0.717) is 5.54 Å². The molecule has 21 heavy (non-hydrogen) atoms. The van der Waals surface area contributed by atoms with Gasteiger partial charge in [0.15, 0.2) is 0 Å². The van der Waals surface area contributed by atoms with Gasteiger partial charge < -0.3 is 4.74 Å². The zero-order valence-electron chi connectivity index (χ0n) is 13.8. The Bertz CT molecular complexity index is 401. The van der Waals surface area contributed by atoms with E-state index in [1.165, 1.54) is 5.56 Å². The van der Waals surface area contributed by atoms with E-state index in [0.717, 1.165) is 52.2 Å². The molecule has 1 heterocycles. The molecule has 0 saturated carbocycles. The minimum absolute atomic E-state index is 0.310. The van der Waals surface area contributed by atoms with Crippen molar-refractivity contribution in [2.75, 3.05) is 39.9 Å². The van der Waals surface area contributed by atoms with Crippen molar-refractivity contribution in [3.05, 3.63) is 35.9 Å². The lowest BCUT2D eigenvalue weighted by molar-refractivity contribution is -0.0107. The topological polar surface area (TPSA) is 15.7 Å². The fourth-order valence-corrected chi connectivity index (χ4v) is 2.94. The fraction of sp³-hybridized carbons (Fsp3) is 0.667. The molecule has 0 spiro atoms. The maximum atomic E-state index is 5.50. The Morgan fingerprint density at radius 2 is 1.76 bits per heavy atom. The van der Waals surface area contributed by atoms with Crippen molar-refractivity contribution in [1.29, 1.82) is 0 Å². The molecule has 1 aromatic rings. The minimum atomic E-state index is 0.310. The number of nitrogens with zero attached hydrogens (tertiary/aromatic N) is 2. The van der Waals surface area contributed by atoms with Crippen molar-refractivity contribution < 1.29 is 4.74 Å². The van der Waals surface area contributed by atoms with Crippen LogP contribution in [0, 0.1) is 0 Å². The molecule has 1 saturated heterocycles. The molecule has 0 atom stereocenters. The second kappa shape index (κ2) is 7.92. The molecule has 3 nitrogen and oxygen atoms in total. The molecule has 0 radical (unpaired) electrons. The third kappa shape index (κ3) is 4.80. The highest BCUT2D eigenvalue weighted by Gasteiger charge is 2.31. The molecule has 0 N–H and O–H groups in total. The molecule has 0 aliphatic carbocycles. The van der Waals surface area contributed by atoms with Gasteiger partial charge in [0.2, 0.25) is 0 Å². The predicted octanol–water partition coefficient (Wildman–Crippen LogP) is 3.01. The molecule has 0 bridgehead atoms. The first-order valence-corrected chi connectivity index (χ1v) is 8.19. The van der Waals surface area contributed by atoms with Gasteiger partial charge in [-0.15, -0.1) is 0 Å². The second-order valence-corrected chi connectivity index (χ2v) is 6.39. The van der Waals surface area contributed by atoms with Gasteiger partial charge in [-0.3, -0.25) is 9.80 Å². The summed E-state index contributed by atoms with van der Waals surface area (Å²) in [5, 5.41) is 0. The lowest BCUT2D eigenvalue weighted by Gasteiger charge is -2.42.